The molecule has 21 heavy (non-hydrogen) atoms. The number of likely N-dealkylation sites (tertiary alicyclic amines) is 1. The molecule has 1 aromatic carbocycles. The van der Waals surface area contributed by atoms with Crippen molar-refractivity contribution in [3.63, 3.8) is 0 Å². The first-order chi connectivity index (χ1) is 10.2. The highest BCUT2D eigenvalue weighted by molar-refractivity contribution is 5.31. The molecule has 1 N–H and O–H groups in total. The van der Waals surface area contributed by atoms with Crippen LogP contribution < -0.4 is 10.1 Å². The molecule has 0 spiro atoms. The van der Waals surface area contributed by atoms with Gasteiger partial charge in [-0.1, -0.05) is 18.6 Å². The maximum Gasteiger partial charge on any atom is 0.119 e. The van der Waals surface area contributed by atoms with E-state index in [4.69, 9.17) is 4.74 Å². The van der Waals surface area contributed by atoms with Crippen LogP contribution in [-0.2, 0) is 0 Å². The van der Waals surface area contributed by atoms with E-state index in [0.29, 0.717) is 18.0 Å². The maximum atomic E-state index is 5.43. The number of ether oxygens (including phenoxy) is 1. The fraction of sp³-hybridized carbons (Fsp3) is 0.667. The van der Waals surface area contributed by atoms with Crippen LogP contribution in [0.4, 0.5) is 0 Å². The van der Waals surface area contributed by atoms with Gasteiger partial charge in [-0.15, -0.1) is 0 Å². The van der Waals surface area contributed by atoms with E-state index >= 15 is 0 Å². The molecule has 2 unspecified atom stereocenters. The Morgan fingerprint density at radius 3 is 2.81 bits per heavy atom. The van der Waals surface area contributed by atoms with Crippen molar-refractivity contribution >= 4 is 0 Å². The van der Waals surface area contributed by atoms with Crippen LogP contribution in [0.5, 0.6) is 5.75 Å². The maximum absolute atomic E-state index is 5.43. The van der Waals surface area contributed by atoms with Gasteiger partial charge in [-0.05, 0) is 70.4 Å². The van der Waals surface area contributed by atoms with E-state index < -0.39 is 0 Å². The predicted molar refractivity (Wildman–Crippen MR) is 88.8 cm³/mol. The zero-order chi connectivity index (χ0) is 15.2. The lowest BCUT2D eigenvalue weighted by molar-refractivity contribution is 0.118. The Kier molecular flexibility index (Phi) is 6.07. The molecule has 0 radical (unpaired) electrons. The fourth-order valence-corrected chi connectivity index (χ4v) is 3.61. The third-order valence-electron chi connectivity index (χ3n) is 4.61. The van der Waals surface area contributed by atoms with Crippen molar-refractivity contribution in [1.82, 2.24) is 10.2 Å². The first-order valence-corrected chi connectivity index (χ1v) is 8.21. The van der Waals surface area contributed by atoms with Gasteiger partial charge in [0.1, 0.15) is 5.75 Å². The topological polar surface area (TPSA) is 24.5 Å². The third-order valence-corrected chi connectivity index (χ3v) is 4.61. The molecule has 0 saturated carbocycles. The highest BCUT2D eigenvalue weighted by Crippen LogP contribution is 2.37. The van der Waals surface area contributed by atoms with Crippen LogP contribution >= 0.6 is 0 Å². The van der Waals surface area contributed by atoms with Crippen LogP contribution in [0.15, 0.2) is 24.3 Å². The van der Waals surface area contributed by atoms with Crippen molar-refractivity contribution < 1.29 is 4.74 Å². The average molecular weight is 290 g/mol. The summed E-state index contributed by atoms with van der Waals surface area (Å²) in [6.07, 6.45) is 3.93. The molecule has 0 aromatic heterocycles. The molecule has 1 aliphatic rings. The summed E-state index contributed by atoms with van der Waals surface area (Å²) in [5.41, 5.74) is 1.39. The molecular formula is C18H30N2O. The number of hydrogen-bond acceptors (Lipinski definition) is 3. The Morgan fingerprint density at radius 1 is 1.33 bits per heavy atom. The number of nitrogens with zero attached hydrogens (tertiary/aromatic N) is 1. The van der Waals surface area contributed by atoms with Gasteiger partial charge in [-0.3, -0.25) is 4.90 Å². The van der Waals surface area contributed by atoms with Crippen molar-refractivity contribution in [2.75, 3.05) is 27.2 Å². The van der Waals surface area contributed by atoms with E-state index in [1.54, 1.807) is 7.11 Å². The zero-order valence-electron chi connectivity index (χ0n) is 13.9. The summed E-state index contributed by atoms with van der Waals surface area (Å²) in [5, 5.41) is 3.40. The minimum Gasteiger partial charge on any atom is -0.497 e. The van der Waals surface area contributed by atoms with Crippen LogP contribution in [0.2, 0.25) is 0 Å². The summed E-state index contributed by atoms with van der Waals surface area (Å²) < 4.78 is 5.43. The van der Waals surface area contributed by atoms with E-state index in [-0.39, 0.29) is 0 Å². The SMILES string of the molecule is CNCC1CCCCN(C(C)C)C1c1cccc(OC)c1. The van der Waals surface area contributed by atoms with E-state index in [1.165, 1.54) is 31.4 Å². The van der Waals surface area contributed by atoms with Crippen LogP contribution in [0.25, 0.3) is 0 Å². The van der Waals surface area contributed by atoms with E-state index in [0.717, 1.165) is 12.3 Å². The molecule has 2 rings (SSSR count). The molecule has 1 aromatic rings. The number of methoxy groups -OCH3 is 1. The minimum atomic E-state index is 0.482. The van der Waals surface area contributed by atoms with Crippen LogP contribution in [0.3, 0.4) is 0 Å². The van der Waals surface area contributed by atoms with Crippen molar-refractivity contribution in [2.45, 2.75) is 45.2 Å². The molecule has 3 heteroatoms. The van der Waals surface area contributed by atoms with Gasteiger partial charge >= 0.3 is 0 Å². The molecule has 0 amide bonds. The zero-order valence-corrected chi connectivity index (χ0v) is 13.9. The molecule has 1 fully saturated rings. The monoisotopic (exact) mass is 290 g/mol. The predicted octanol–water partition coefficient (Wildman–Crippen LogP) is 3.47. The van der Waals surface area contributed by atoms with Crippen molar-refractivity contribution in [1.29, 1.82) is 0 Å². The van der Waals surface area contributed by atoms with Crippen LogP contribution in [0, 0.1) is 5.92 Å². The number of rotatable bonds is 5. The highest BCUT2D eigenvalue weighted by atomic mass is 16.5. The normalized spacial score (nSPS) is 24.0. The fourth-order valence-electron chi connectivity index (χ4n) is 3.61. The lowest BCUT2D eigenvalue weighted by atomic mass is 9.88. The Balaban J connectivity index is 2.37. The quantitative estimate of drug-likeness (QED) is 0.898. The lowest BCUT2D eigenvalue weighted by Crippen LogP contribution is -2.40. The number of benzene rings is 1. The first-order valence-electron chi connectivity index (χ1n) is 8.21. The van der Waals surface area contributed by atoms with Gasteiger partial charge in [-0.25, -0.2) is 0 Å². The first kappa shape index (κ1) is 16.3. The summed E-state index contributed by atoms with van der Waals surface area (Å²) in [4.78, 5) is 2.67. The Labute approximate surface area is 129 Å². The van der Waals surface area contributed by atoms with Gasteiger partial charge in [-0.2, -0.15) is 0 Å². The Hall–Kier alpha value is -1.06. The van der Waals surface area contributed by atoms with Gasteiger partial charge in [0, 0.05) is 12.1 Å². The molecular weight excluding hydrogens is 260 g/mol. The Morgan fingerprint density at radius 2 is 2.14 bits per heavy atom. The van der Waals surface area contributed by atoms with Gasteiger partial charge in [0.15, 0.2) is 0 Å². The number of nitrogens with one attached hydrogen (secondary N) is 1. The summed E-state index contributed by atoms with van der Waals surface area (Å²) in [7, 11) is 3.81. The summed E-state index contributed by atoms with van der Waals surface area (Å²) >= 11 is 0. The van der Waals surface area contributed by atoms with Gasteiger partial charge in [0.2, 0.25) is 0 Å². The minimum absolute atomic E-state index is 0.482. The molecule has 1 heterocycles. The Bertz CT molecular complexity index is 433. The second kappa shape index (κ2) is 7.81. The standard InChI is InChI=1S/C18H30N2O/c1-14(2)20-11-6-5-8-16(13-19-3)18(20)15-9-7-10-17(12-15)21-4/h7,9-10,12,14,16,18-19H,5-6,8,11,13H2,1-4H3. The van der Waals surface area contributed by atoms with E-state index in [1.807, 2.05) is 6.07 Å². The molecule has 1 aliphatic heterocycles. The van der Waals surface area contributed by atoms with Crippen LogP contribution in [-0.4, -0.2) is 38.2 Å². The summed E-state index contributed by atoms with van der Waals surface area (Å²) in [6, 6.07) is 9.68. The molecule has 0 aliphatic carbocycles. The molecule has 1 saturated heterocycles. The van der Waals surface area contributed by atoms with Crippen molar-refractivity contribution in [3.05, 3.63) is 29.8 Å². The van der Waals surface area contributed by atoms with E-state index in [9.17, 15) is 0 Å². The van der Waals surface area contributed by atoms with Crippen LogP contribution in [0.1, 0.15) is 44.7 Å². The second-order valence-electron chi connectivity index (χ2n) is 6.37. The molecule has 0 bridgehead atoms. The summed E-state index contributed by atoms with van der Waals surface area (Å²) in [5.74, 6) is 1.62. The number of hydrogen-bond donors (Lipinski definition) is 1. The molecule has 2 atom stereocenters. The second-order valence-corrected chi connectivity index (χ2v) is 6.37. The highest BCUT2D eigenvalue weighted by Gasteiger charge is 2.32. The summed E-state index contributed by atoms with van der Waals surface area (Å²) in [6.45, 7) is 6.90. The van der Waals surface area contributed by atoms with E-state index in [2.05, 4.69) is 49.3 Å². The van der Waals surface area contributed by atoms with Gasteiger partial charge in [0.25, 0.3) is 0 Å². The third kappa shape index (κ3) is 3.98. The molecule has 118 valence electrons. The smallest absolute Gasteiger partial charge is 0.119 e. The van der Waals surface area contributed by atoms with Gasteiger partial charge < -0.3 is 10.1 Å². The average Bonchev–Trinajstić information content (AvgIpc) is 2.70. The lowest BCUT2D eigenvalue weighted by Gasteiger charge is -2.38. The van der Waals surface area contributed by atoms with Gasteiger partial charge in [0.05, 0.1) is 7.11 Å². The molecule has 3 nitrogen and oxygen atoms in total. The van der Waals surface area contributed by atoms with Crippen molar-refractivity contribution in [3.8, 4) is 5.75 Å². The van der Waals surface area contributed by atoms with Crippen molar-refractivity contribution in [2.24, 2.45) is 5.92 Å². The largest absolute Gasteiger partial charge is 0.497 e.